The van der Waals surface area contributed by atoms with E-state index in [1.165, 1.54) is 0 Å². The van der Waals surface area contributed by atoms with Crippen molar-refractivity contribution in [3.8, 4) is 0 Å². The maximum absolute atomic E-state index is 11.3. The van der Waals surface area contributed by atoms with Crippen molar-refractivity contribution in [2.24, 2.45) is 22.5 Å². The van der Waals surface area contributed by atoms with Crippen LogP contribution in [0.3, 0.4) is 0 Å². The molecule has 0 saturated heterocycles. The normalized spacial score (nSPS) is 46.7. The Morgan fingerprint density at radius 3 is 2.46 bits per heavy atom. The number of rotatable bonds is 1. The Labute approximate surface area is 78.3 Å². The summed E-state index contributed by atoms with van der Waals surface area (Å²) in [7, 11) is 0. The fraction of sp³-hybridized carbons (Fsp3) is 0.900. The van der Waals surface area contributed by atoms with Crippen LogP contribution in [0, 0.1) is 16.7 Å². The van der Waals surface area contributed by atoms with Gasteiger partial charge in [-0.05, 0) is 30.6 Å². The van der Waals surface area contributed by atoms with Crippen molar-refractivity contribution in [1.29, 1.82) is 0 Å². The lowest BCUT2D eigenvalue weighted by Crippen LogP contribution is -2.48. The molecular weight excluding hydrogens is 166 g/mol. The van der Waals surface area contributed by atoms with Crippen LogP contribution < -0.4 is 5.73 Å². The minimum atomic E-state index is -0.603. The fourth-order valence-electron chi connectivity index (χ4n) is 3.25. The highest BCUT2D eigenvalue weighted by Gasteiger charge is 2.64. The molecule has 2 rings (SSSR count). The largest absolute Gasteiger partial charge is 0.391 e. The molecule has 0 aromatic heterocycles. The molecule has 2 aliphatic rings. The highest BCUT2D eigenvalue weighted by atomic mass is 16.3. The molecule has 0 aromatic carbocycles. The van der Waals surface area contributed by atoms with E-state index in [4.69, 9.17) is 5.73 Å². The van der Waals surface area contributed by atoms with Crippen molar-refractivity contribution < 1.29 is 9.90 Å². The summed E-state index contributed by atoms with van der Waals surface area (Å²) in [5, 5.41) is 10.1. The van der Waals surface area contributed by atoms with Gasteiger partial charge in [0.2, 0.25) is 5.91 Å². The second-order valence-electron chi connectivity index (χ2n) is 5.18. The first-order chi connectivity index (χ1) is 5.91. The average Bonchev–Trinajstić information content (AvgIpc) is 2.53. The molecule has 3 nitrogen and oxygen atoms in total. The Hall–Kier alpha value is -0.570. The summed E-state index contributed by atoms with van der Waals surface area (Å²) in [5.74, 6) is 0.156. The molecule has 0 heterocycles. The Morgan fingerprint density at radius 1 is 1.54 bits per heavy atom. The van der Waals surface area contributed by atoms with E-state index >= 15 is 0 Å². The lowest BCUT2D eigenvalue weighted by molar-refractivity contribution is -0.137. The summed E-state index contributed by atoms with van der Waals surface area (Å²) in [6.07, 6.45) is 2.05. The molecule has 74 valence electrons. The van der Waals surface area contributed by atoms with Gasteiger partial charge in [-0.3, -0.25) is 4.79 Å². The maximum atomic E-state index is 11.3. The first kappa shape index (κ1) is 9.00. The predicted molar refractivity (Wildman–Crippen MR) is 48.8 cm³/mol. The number of aliphatic hydroxyl groups is 1. The van der Waals surface area contributed by atoms with Gasteiger partial charge in [-0.25, -0.2) is 0 Å². The van der Waals surface area contributed by atoms with E-state index in [-0.39, 0.29) is 11.3 Å². The predicted octanol–water partition coefficient (Wildman–Crippen LogP) is 0.659. The van der Waals surface area contributed by atoms with E-state index in [2.05, 4.69) is 0 Å². The number of carbonyl (C=O) groups excluding carboxylic acids is 1. The third-order valence-electron chi connectivity index (χ3n) is 4.32. The Morgan fingerprint density at radius 2 is 2.15 bits per heavy atom. The molecule has 3 atom stereocenters. The maximum Gasteiger partial charge on any atom is 0.226 e. The van der Waals surface area contributed by atoms with Crippen molar-refractivity contribution in [3.63, 3.8) is 0 Å². The van der Waals surface area contributed by atoms with Crippen LogP contribution in [-0.2, 0) is 4.79 Å². The zero-order valence-electron chi connectivity index (χ0n) is 8.21. The van der Waals surface area contributed by atoms with Crippen molar-refractivity contribution in [2.45, 2.75) is 39.2 Å². The molecule has 2 saturated carbocycles. The third-order valence-corrected chi connectivity index (χ3v) is 4.32. The highest BCUT2D eigenvalue weighted by molar-refractivity contribution is 5.82. The van der Waals surface area contributed by atoms with Crippen LogP contribution in [-0.4, -0.2) is 17.1 Å². The number of aliphatic hydroxyl groups excluding tert-OH is 1. The summed E-state index contributed by atoms with van der Waals surface area (Å²) in [4.78, 5) is 11.3. The molecule has 3 unspecified atom stereocenters. The lowest BCUT2D eigenvalue weighted by Gasteiger charge is -2.39. The van der Waals surface area contributed by atoms with Crippen LogP contribution in [0.15, 0.2) is 0 Å². The number of fused-ring (bicyclic) bond motifs is 2. The molecular formula is C10H17NO2. The van der Waals surface area contributed by atoms with Gasteiger partial charge in [0.1, 0.15) is 0 Å². The van der Waals surface area contributed by atoms with Gasteiger partial charge >= 0.3 is 0 Å². The van der Waals surface area contributed by atoms with E-state index < -0.39 is 11.5 Å². The molecule has 0 aromatic rings. The quantitative estimate of drug-likeness (QED) is 0.627. The zero-order valence-corrected chi connectivity index (χ0v) is 8.21. The van der Waals surface area contributed by atoms with Crippen LogP contribution in [0.2, 0.25) is 0 Å². The van der Waals surface area contributed by atoms with E-state index in [1.54, 1.807) is 0 Å². The van der Waals surface area contributed by atoms with Crippen LogP contribution in [0.25, 0.3) is 0 Å². The number of primary amides is 1. The van der Waals surface area contributed by atoms with Crippen molar-refractivity contribution in [1.82, 2.24) is 0 Å². The second-order valence-corrected chi connectivity index (χ2v) is 5.18. The molecule has 0 spiro atoms. The summed E-state index contributed by atoms with van der Waals surface area (Å²) < 4.78 is 0. The van der Waals surface area contributed by atoms with Gasteiger partial charge in [-0.1, -0.05) is 13.8 Å². The summed E-state index contributed by atoms with van der Waals surface area (Å²) in [5.41, 5.74) is 4.65. The third kappa shape index (κ3) is 0.857. The molecule has 2 aliphatic carbocycles. The minimum Gasteiger partial charge on any atom is -0.391 e. The number of hydrogen-bond acceptors (Lipinski definition) is 2. The van der Waals surface area contributed by atoms with Crippen LogP contribution in [0.4, 0.5) is 0 Å². The number of carbonyl (C=O) groups is 1. The zero-order chi connectivity index (χ0) is 9.85. The van der Waals surface area contributed by atoms with Gasteiger partial charge in [0.05, 0.1) is 11.5 Å². The Bertz CT molecular complexity index is 262. The van der Waals surface area contributed by atoms with Gasteiger partial charge in [0.15, 0.2) is 0 Å². The van der Waals surface area contributed by atoms with Gasteiger partial charge in [-0.2, -0.15) is 0 Å². The standard InChI is InChI=1S/C10H17NO2/c1-9(2)6-3-4-10(5-6,7(9)12)8(11)13/h6-7,12H,3-5H2,1-2H3,(H2,11,13). The topological polar surface area (TPSA) is 63.3 Å². The first-order valence-electron chi connectivity index (χ1n) is 4.89. The molecule has 2 fully saturated rings. The van der Waals surface area contributed by atoms with E-state index in [1.807, 2.05) is 13.8 Å². The van der Waals surface area contributed by atoms with Crippen molar-refractivity contribution >= 4 is 5.91 Å². The van der Waals surface area contributed by atoms with Crippen LogP contribution >= 0.6 is 0 Å². The first-order valence-corrected chi connectivity index (χ1v) is 4.89. The molecule has 3 N–H and O–H groups in total. The average molecular weight is 183 g/mol. The number of nitrogens with two attached hydrogens (primary N) is 1. The van der Waals surface area contributed by atoms with Gasteiger partial charge < -0.3 is 10.8 Å². The fourth-order valence-corrected chi connectivity index (χ4v) is 3.25. The van der Waals surface area contributed by atoms with Crippen molar-refractivity contribution in [3.05, 3.63) is 0 Å². The van der Waals surface area contributed by atoms with Crippen LogP contribution in [0.5, 0.6) is 0 Å². The number of amides is 1. The molecule has 0 aliphatic heterocycles. The van der Waals surface area contributed by atoms with Gasteiger partial charge in [0, 0.05) is 0 Å². The molecule has 1 amide bonds. The molecule has 0 radical (unpaired) electrons. The number of hydrogen-bond donors (Lipinski definition) is 2. The molecule has 2 bridgehead atoms. The van der Waals surface area contributed by atoms with E-state index in [9.17, 15) is 9.90 Å². The summed E-state index contributed by atoms with van der Waals surface area (Å²) >= 11 is 0. The highest BCUT2D eigenvalue weighted by Crippen LogP contribution is 2.62. The molecule has 13 heavy (non-hydrogen) atoms. The monoisotopic (exact) mass is 183 g/mol. The van der Waals surface area contributed by atoms with E-state index in [0.717, 1.165) is 19.3 Å². The Kier molecular flexibility index (Phi) is 1.57. The molecule has 3 heteroatoms. The smallest absolute Gasteiger partial charge is 0.226 e. The van der Waals surface area contributed by atoms with Gasteiger partial charge in [0.25, 0.3) is 0 Å². The minimum absolute atomic E-state index is 0.132. The Balaban J connectivity index is 2.40. The second kappa shape index (κ2) is 2.27. The summed E-state index contributed by atoms with van der Waals surface area (Å²) in [6.45, 7) is 4.07. The van der Waals surface area contributed by atoms with Gasteiger partial charge in [-0.15, -0.1) is 0 Å². The SMILES string of the molecule is CC1(C)C2CCC(C(N)=O)(C2)C1O. The van der Waals surface area contributed by atoms with E-state index in [0.29, 0.717) is 5.92 Å². The van der Waals surface area contributed by atoms with Crippen molar-refractivity contribution in [2.75, 3.05) is 0 Å². The lowest BCUT2D eigenvalue weighted by atomic mass is 9.69. The van der Waals surface area contributed by atoms with Crippen LogP contribution in [0.1, 0.15) is 33.1 Å². The summed E-state index contributed by atoms with van der Waals surface area (Å²) in [6, 6.07) is 0.